The van der Waals surface area contributed by atoms with Gasteiger partial charge in [0.15, 0.2) is 0 Å². The average molecular weight is 210 g/mol. The minimum Gasteiger partial charge on any atom is -0.376 e. The Kier molecular flexibility index (Phi) is 12.5. The van der Waals surface area contributed by atoms with Crippen LogP contribution in [-0.2, 0) is 4.74 Å². The van der Waals surface area contributed by atoms with Gasteiger partial charge in [-0.05, 0) is 27.7 Å². The van der Waals surface area contributed by atoms with Crippen LogP contribution in [0.25, 0.3) is 0 Å². The van der Waals surface area contributed by atoms with Crippen molar-refractivity contribution in [1.29, 1.82) is 0 Å². The Morgan fingerprint density at radius 1 is 0.800 bits per heavy atom. The Morgan fingerprint density at radius 3 is 1.13 bits per heavy atom. The maximum atomic E-state index is 5.23. The first kappa shape index (κ1) is 16.6. The Hall–Kier alpha value is -0.820. The average Bonchev–Trinajstić information content (AvgIpc) is 2.22. The molecule has 0 bridgehead atoms. The molecular weight excluding hydrogens is 184 g/mol. The zero-order chi connectivity index (χ0) is 12.2. The highest BCUT2D eigenvalue weighted by atomic mass is 16.5. The molecule has 0 saturated carbocycles. The van der Waals surface area contributed by atoms with Crippen LogP contribution in [0.3, 0.4) is 0 Å². The number of hydrogen-bond acceptors (Lipinski definition) is 1. The molecule has 0 amide bonds. The molecule has 0 unspecified atom stereocenters. The fourth-order valence-corrected chi connectivity index (χ4v) is 0.818. The lowest BCUT2D eigenvalue weighted by atomic mass is 10.2. The summed E-state index contributed by atoms with van der Waals surface area (Å²) in [6.45, 7) is 13.0. The predicted octanol–water partition coefficient (Wildman–Crippen LogP) is 4.53. The third-order valence-corrected chi connectivity index (χ3v) is 1.24. The predicted molar refractivity (Wildman–Crippen MR) is 69.2 cm³/mol. The summed E-state index contributed by atoms with van der Waals surface area (Å²) in [6.07, 6.45) is 0. The van der Waals surface area contributed by atoms with Gasteiger partial charge in [0.05, 0.1) is 5.60 Å². The molecule has 1 aromatic rings. The number of benzene rings is 1. The van der Waals surface area contributed by atoms with Gasteiger partial charge in [-0.1, -0.05) is 50.2 Å². The summed E-state index contributed by atoms with van der Waals surface area (Å²) in [5.41, 5.74) is 0.0503. The fourth-order valence-electron chi connectivity index (χ4n) is 0.818. The highest BCUT2D eigenvalue weighted by Gasteiger charge is 2.06. The van der Waals surface area contributed by atoms with Crippen molar-refractivity contribution in [2.45, 2.75) is 47.1 Å². The highest BCUT2D eigenvalue weighted by Crippen LogP contribution is 2.04. The molecule has 0 fully saturated rings. The summed E-state index contributed by atoms with van der Waals surface area (Å²) in [4.78, 5) is 0. The van der Waals surface area contributed by atoms with Crippen molar-refractivity contribution in [2.75, 3.05) is 6.61 Å². The van der Waals surface area contributed by atoms with Crippen molar-refractivity contribution in [1.82, 2.24) is 0 Å². The standard InChI is InChI=1S/C6H14O.C6H6.C2H6/c1-5-7-6(2,3)4;1-2-4-6-5-3-1;1-2/h5H2,1-4H3;1-6H;1-2H3. The van der Waals surface area contributed by atoms with Gasteiger partial charge in [-0.3, -0.25) is 0 Å². The second kappa shape index (κ2) is 11.3. The molecule has 0 aliphatic heterocycles. The first-order valence-corrected chi connectivity index (χ1v) is 5.70. The summed E-state index contributed by atoms with van der Waals surface area (Å²) >= 11 is 0. The van der Waals surface area contributed by atoms with Crippen LogP contribution in [-0.4, -0.2) is 12.2 Å². The van der Waals surface area contributed by atoms with E-state index in [1.807, 2.05) is 57.2 Å². The molecule has 15 heavy (non-hydrogen) atoms. The zero-order valence-electron chi connectivity index (χ0n) is 11.1. The van der Waals surface area contributed by atoms with Crippen molar-refractivity contribution in [3.8, 4) is 0 Å². The van der Waals surface area contributed by atoms with E-state index in [-0.39, 0.29) is 5.60 Å². The highest BCUT2D eigenvalue weighted by molar-refractivity contribution is 4.99. The molecule has 0 spiro atoms. The maximum absolute atomic E-state index is 5.23. The SMILES string of the molecule is CC.CCOC(C)(C)C.c1ccccc1. The van der Waals surface area contributed by atoms with Crippen LogP contribution < -0.4 is 0 Å². The minimum absolute atomic E-state index is 0.0503. The Labute approximate surface area is 95.5 Å². The molecule has 0 saturated heterocycles. The summed E-state index contributed by atoms with van der Waals surface area (Å²) in [5.74, 6) is 0. The van der Waals surface area contributed by atoms with E-state index in [0.29, 0.717) is 0 Å². The van der Waals surface area contributed by atoms with Crippen LogP contribution in [0.4, 0.5) is 0 Å². The van der Waals surface area contributed by atoms with E-state index >= 15 is 0 Å². The second-order valence-electron chi connectivity index (χ2n) is 3.70. The largest absolute Gasteiger partial charge is 0.376 e. The van der Waals surface area contributed by atoms with Crippen LogP contribution in [0.2, 0.25) is 0 Å². The molecule has 0 atom stereocenters. The van der Waals surface area contributed by atoms with Gasteiger partial charge in [-0.15, -0.1) is 0 Å². The molecule has 88 valence electrons. The third kappa shape index (κ3) is 19.5. The van der Waals surface area contributed by atoms with Crippen molar-refractivity contribution in [2.24, 2.45) is 0 Å². The number of hydrogen-bond donors (Lipinski definition) is 0. The second-order valence-corrected chi connectivity index (χ2v) is 3.70. The lowest BCUT2D eigenvalue weighted by Gasteiger charge is -2.17. The Bertz CT molecular complexity index is 160. The molecule has 0 radical (unpaired) electrons. The van der Waals surface area contributed by atoms with E-state index in [9.17, 15) is 0 Å². The van der Waals surface area contributed by atoms with Crippen molar-refractivity contribution in [3.63, 3.8) is 0 Å². The fraction of sp³-hybridized carbons (Fsp3) is 0.571. The molecule has 0 N–H and O–H groups in total. The molecule has 0 aromatic heterocycles. The van der Waals surface area contributed by atoms with E-state index in [1.54, 1.807) is 0 Å². The molecule has 0 aliphatic carbocycles. The lowest BCUT2D eigenvalue weighted by Crippen LogP contribution is -2.18. The Morgan fingerprint density at radius 2 is 1.07 bits per heavy atom. The van der Waals surface area contributed by atoms with Crippen molar-refractivity contribution >= 4 is 0 Å². The quantitative estimate of drug-likeness (QED) is 0.661. The maximum Gasteiger partial charge on any atom is 0.0598 e. The van der Waals surface area contributed by atoms with E-state index in [4.69, 9.17) is 4.74 Å². The summed E-state index contributed by atoms with van der Waals surface area (Å²) in [7, 11) is 0. The Balaban J connectivity index is 0. The van der Waals surface area contributed by atoms with E-state index < -0.39 is 0 Å². The van der Waals surface area contributed by atoms with E-state index in [2.05, 4.69) is 20.8 Å². The smallest absolute Gasteiger partial charge is 0.0598 e. The van der Waals surface area contributed by atoms with E-state index in [0.717, 1.165) is 6.61 Å². The molecule has 1 heteroatoms. The number of ether oxygens (including phenoxy) is 1. The van der Waals surface area contributed by atoms with Crippen LogP contribution in [0.15, 0.2) is 36.4 Å². The van der Waals surface area contributed by atoms with Crippen LogP contribution in [0.1, 0.15) is 41.5 Å². The van der Waals surface area contributed by atoms with Gasteiger partial charge in [0.25, 0.3) is 0 Å². The normalized spacial score (nSPS) is 9.20. The minimum atomic E-state index is 0.0503. The molecular formula is C14H26O. The van der Waals surface area contributed by atoms with Gasteiger partial charge in [0, 0.05) is 6.61 Å². The summed E-state index contributed by atoms with van der Waals surface area (Å²) in [6, 6.07) is 12.0. The zero-order valence-corrected chi connectivity index (χ0v) is 11.1. The molecule has 0 heterocycles. The number of rotatable bonds is 1. The van der Waals surface area contributed by atoms with Gasteiger partial charge >= 0.3 is 0 Å². The van der Waals surface area contributed by atoms with Crippen LogP contribution >= 0.6 is 0 Å². The first-order valence-electron chi connectivity index (χ1n) is 5.70. The molecule has 1 nitrogen and oxygen atoms in total. The topological polar surface area (TPSA) is 9.23 Å². The van der Waals surface area contributed by atoms with E-state index in [1.165, 1.54) is 0 Å². The van der Waals surface area contributed by atoms with Gasteiger partial charge < -0.3 is 4.74 Å². The van der Waals surface area contributed by atoms with Gasteiger partial charge in [-0.2, -0.15) is 0 Å². The summed E-state index contributed by atoms with van der Waals surface area (Å²) < 4.78 is 5.23. The van der Waals surface area contributed by atoms with Gasteiger partial charge in [-0.25, -0.2) is 0 Å². The van der Waals surface area contributed by atoms with Crippen LogP contribution in [0, 0.1) is 0 Å². The van der Waals surface area contributed by atoms with Gasteiger partial charge in [0.2, 0.25) is 0 Å². The molecule has 0 aliphatic rings. The summed E-state index contributed by atoms with van der Waals surface area (Å²) in [5, 5.41) is 0. The molecule has 1 rings (SSSR count). The lowest BCUT2D eigenvalue weighted by molar-refractivity contribution is 0.00532. The van der Waals surface area contributed by atoms with Gasteiger partial charge in [0.1, 0.15) is 0 Å². The third-order valence-electron chi connectivity index (χ3n) is 1.24. The van der Waals surface area contributed by atoms with Crippen molar-refractivity contribution < 1.29 is 4.74 Å². The monoisotopic (exact) mass is 210 g/mol. The van der Waals surface area contributed by atoms with Crippen molar-refractivity contribution in [3.05, 3.63) is 36.4 Å². The first-order chi connectivity index (χ1) is 7.06. The molecule has 1 aromatic carbocycles. The van der Waals surface area contributed by atoms with Crippen LogP contribution in [0.5, 0.6) is 0 Å².